The Morgan fingerprint density at radius 3 is 2.93 bits per heavy atom. The van der Waals surface area contributed by atoms with Gasteiger partial charge in [0.2, 0.25) is 0 Å². The molecule has 0 fully saturated rings. The van der Waals surface area contributed by atoms with E-state index in [2.05, 4.69) is 4.98 Å². The zero-order valence-corrected chi connectivity index (χ0v) is 8.33. The van der Waals surface area contributed by atoms with E-state index in [4.69, 9.17) is 10.2 Å². The summed E-state index contributed by atoms with van der Waals surface area (Å²) in [6.45, 7) is 0. The number of thioether (sulfide) groups is 1. The molecule has 0 aliphatic heterocycles. The smallest absolute Gasteiger partial charge is 0.123 e. The molecule has 2 rings (SSSR count). The van der Waals surface area contributed by atoms with E-state index in [1.807, 2.05) is 12.1 Å². The fourth-order valence-electron chi connectivity index (χ4n) is 1.02. The molecule has 3 nitrogen and oxygen atoms in total. The first-order valence-corrected chi connectivity index (χ1v) is 5.18. The number of nitrogen functional groups attached to an aromatic ring is 1. The summed E-state index contributed by atoms with van der Waals surface area (Å²) < 4.78 is 4.97. The molecule has 0 aliphatic carbocycles. The Morgan fingerprint density at radius 1 is 1.36 bits per heavy atom. The minimum Gasteiger partial charge on any atom is -0.472 e. The Kier molecular flexibility index (Phi) is 2.74. The average Bonchev–Trinajstić information content (AvgIpc) is 2.70. The van der Waals surface area contributed by atoms with E-state index in [1.165, 1.54) is 5.56 Å². The predicted molar refractivity (Wildman–Crippen MR) is 56.9 cm³/mol. The number of furan rings is 1. The summed E-state index contributed by atoms with van der Waals surface area (Å²) >= 11 is 1.71. The van der Waals surface area contributed by atoms with E-state index in [0.29, 0.717) is 5.82 Å². The molecule has 4 heteroatoms. The maximum Gasteiger partial charge on any atom is 0.123 e. The Labute approximate surface area is 86.3 Å². The second-order valence-corrected chi connectivity index (χ2v) is 3.89. The molecule has 0 unspecified atom stereocenters. The summed E-state index contributed by atoms with van der Waals surface area (Å²) in [7, 11) is 0. The molecular formula is C10H10N2OS. The molecule has 72 valence electrons. The van der Waals surface area contributed by atoms with Gasteiger partial charge in [-0.25, -0.2) is 4.98 Å². The van der Waals surface area contributed by atoms with Gasteiger partial charge in [-0.1, -0.05) is 0 Å². The average molecular weight is 206 g/mol. The third-order valence-corrected chi connectivity index (χ3v) is 2.80. The van der Waals surface area contributed by atoms with Crippen molar-refractivity contribution in [2.24, 2.45) is 0 Å². The van der Waals surface area contributed by atoms with Crippen LogP contribution in [0.1, 0.15) is 5.56 Å². The fourth-order valence-corrected chi connectivity index (χ4v) is 1.81. The third-order valence-electron chi connectivity index (χ3n) is 1.74. The molecule has 0 aromatic carbocycles. The first-order valence-electron chi connectivity index (χ1n) is 4.20. The van der Waals surface area contributed by atoms with Crippen LogP contribution in [0.15, 0.2) is 46.2 Å². The highest BCUT2D eigenvalue weighted by atomic mass is 32.2. The largest absolute Gasteiger partial charge is 0.472 e. The molecule has 0 spiro atoms. The van der Waals surface area contributed by atoms with Crippen molar-refractivity contribution in [1.29, 1.82) is 0 Å². The fraction of sp³-hybridized carbons (Fsp3) is 0.100. The van der Waals surface area contributed by atoms with Crippen molar-refractivity contribution in [3.63, 3.8) is 0 Å². The molecular weight excluding hydrogens is 196 g/mol. The van der Waals surface area contributed by atoms with Crippen LogP contribution in [0.3, 0.4) is 0 Å². The highest BCUT2D eigenvalue weighted by Gasteiger charge is 1.97. The Balaban J connectivity index is 1.95. The monoisotopic (exact) mass is 206 g/mol. The zero-order valence-electron chi connectivity index (χ0n) is 7.51. The van der Waals surface area contributed by atoms with Crippen LogP contribution in [0.25, 0.3) is 0 Å². The van der Waals surface area contributed by atoms with Crippen molar-refractivity contribution in [2.45, 2.75) is 10.6 Å². The van der Waals surface area contributed by atoms with Crippen LogP contribution in [0.4, 0.5) is 5.82 Å². The van der Waals surface area contributed by atoms with Crippen molar-refractivity contribution in [3.8, 4) is 0 Å². The van der Waals surface area contributed by atoms with Crippen molar-refractivity contribution in [3.05, 3.63) is 42.5 Å². The molecule has 0 atom stereocenters. The predicted octanol–water partition coefficient (Wildman–Crippen LogP) is 2.55. The van der Waals surface area contributed by atoms with Gasteiger partial charge in [0, 0.05) is 22.4 Å². The van der Waals surface area contributed by atoms with Gasteiger partial charge < -0.3 is 10.2 Å². The van der Waals surface area contributed by atoms with Crippen LogP contribution in [-0.2, 0) is 5.75 Å². The quantitative estimate of drug-likeness (QED) is 0.784. The Bertz CT molecular complexity index is 383. The van der Waals surface area contributed by atoms with Gasteiger partial charge in [0.15, 0.2) is 0 Å². The number of anilines is 1. The topological polar surface area (TPSA) is 52.0 Å². The number of hydrogen-bond acceptors (Lipinski definition) is 4. The second-order valence-electron chi connectivity index (χ2n) is 2.84. The van der Waals surface area contributed by atoms with E-state index in [-0.39, 0.29) is 0 Å². The number of nitrogens with zero attached hydrogens (tertiary/aromatic N) is 1. The van der Waals surface area contributed by atoms with Crippen LogP contribution in [-0.4, -0.2) is 4.98 Å². The lowest BCUT2D eigenvalue weighted by atomic mass is 10.4. The van der Waals surface area contributed by atoms with E-state index in [0.717, 1.165) is 10.6 Å². The van der Waals surface area contributed by atoms with Gasteiger partial charge in [-0.15, -0.1) is 11.8 Å². The van der Waals surface area contributed by atoms with E-state index in [1.54, 1.807) is 36.6 Å². The number of aromatic nitrogens is 1. The molecule has 2 aromatic rings. The summed E-state index contributed by atoms with van der Waals surface area (Å²) in [5, 5.41) is 0. The van der Waals surface area contributed by atoms with Crippen LogP contribution >= 0.6 is 11.8 Å². The van der Waals surface area contributed by atoms with Crippen molar-refractivity contribution in [1.82, 2.24) is 4.98 Å². The molecule has 0 saturated carbocycles. The lowest BCUT2D eigenvalue weighted by Gasteiger charge is -1.98. The molecule has 0 radical (unpaired) electrons. The standard InChI is InChI=1S/C10H10N2OS/c11-10-2-1-9(5-12-10)14-7-8-3-4-13-6-8/h1-6H,7H2,(H2,11,12). The van der Waals surface area contributed by atoms with Gasteiger partial charge >= 0.3 is 0 Å². The Hall–Kier alpha value is -1.42. The summed E-state index contributed by atoms with van der Waals surface area (Å²) in [5.41, 5.74) is 6.66. The molecule has 14 heavy (non-hydrogen) atoms. The molecule has 2 aromatic heterocycles. The lowest BCUT2D eigenvalue weighted by molar-refractivity contribution is 0.565. The zero-order chi connectivity index (χ0) is 9.80. The first-order chi connectivity index (χ1) is 6.84. The van der Waals surface area contributed by atoms with Gasteiger partial charge in [-0.3, -0.25) is 0 Å². The molecule has 2 heterocycles. The van der Waals surface area contributed by atoms with Gasteiger partial charge in [0.1, 0.15) is 5.82 Å². The van der Waals surface area contributed by atoms with Gasteiger partial charge in [-0.05, 0) is 18.2 Å². The van der Waals surface area contributed by atoms with Gasteiger partial charge in [0.25, 0.3) is 0 Å². The molecule has 0 aliphatic rings. The van der Waals surface area contributed by atoms with Crippen LogP contribution < -0.4 is 5.73 Å². The number of pyridine rings is 1. The SMILES string of the molecule is Nc1ccc(SCc2ccoc2)cn1. The van der Waals surface area contributed by atoms with Gasteiger partial charge in [-0.2, -0.15) is 0 Å². The summed E-state index contributed by atoms with van der Waals surface area (Å²) in [5.74, 6) is 1.44. The number of nitrogens with two attached hydrogens (primary N) is 1. The van der Waals surface area contributed by atoms with Crippen LogP contribution in [0.5, 0.6) is 0 Å². The van der Waals surface area contributed by atoms with Gasteiger partial charge in [0.05, 0.1) is 12.5 Å². The second kappa shape index (κ2) is 4.19. The summed E-state index contributed by atoms with van der Waals surface area (Å²) in [6, 6.07) is 5.72. The molecule has 0 amide bonds. The maximum atomic E-state index is 5.48. The minimum absolute atomic E-state index is 0.553. The third kappa shape index (κ3) is 2.29. The molecule has 2 N–H and O–H groups in total. The Morgan fingerprint density at radius 2 is 2.29 bits per heavy atom. The number of rotatable bonds is 3. The molecule has 0 bridgehead atoms. The maximum absolute atomic E-state index is 5.48. The normalized spacial score (nSPS) is 10.3. The summed E-state index contributed by atoms with van der Waals surface area (Å²) in [4.78, 5) is 5.12. The molecule has 0 saturated heterocycles. The number of hydrogen-bond donors (Lipinski definition) is 1. The van der Waals surface area contributed by atoms with Crippen molar-refractivity contribution in [2.75, 3.05) is 5.73 Å². The highest BCUT2D eigenvalue weighted by Crippen LogP contribution is 2.22. The lowest BCUT2D eigenvalue weighted by Crippen LogP contribution is -1.88. The minimum atomic E-state index is 0.553. The first kappa shape index (κ1) is 9.15. The van der Waals surface area contributed by atoms with E-state index in [9.17, 15) is 0 Å². The highest BCUT2D eigenvalue weighted by molar-refractivity contribution is 7.98. The van der Waals surface area contributed by atoms with Crippen LogP contribution in [0, 0.1) is 0 Å². The van der Waals surface area contributed by atoms with Crippen molar-refractivity contribution < 1.29 is 4.42 Å². The van der Waals surface area contributed by atoms with Crippen LogP contribution in [0.2, 0.25) is 0 Å². The van der Waals surface area contributed by atoms with Crippen molar-refractivity contribution >= 4 is 17.6 Å². The van der Waals surface area contributed by atoms with E-state index < -0.39 is 0 Å². The van der Waals surface area contributed by atoms with E-state index >= 15 is 0 Å². The summed E-state index contributed by atoms with van der Waals surface area (Å²) in [6.07, 6.45) is 5.20.